The lowest BCUT2D eigenvalue weighted by Crippen LogP contribution is -2.16. The Morgan fingerprint density at radius 2 is 1.96 bits per heavy atom. The lowest BCUT2D eigenvalue weighted by molar-refractivity contribution is -0.144. The number of anilines is 1. The maximum atomic E-state index is 13.3. The molecule has 10 heteroatoms. The third kappa shape index (κ3) is 3.11. The third-order valence-corrected chi connectivity index (χ3v) is 4.23. The first-order valence-corrected chi connectivity index (χ1v) is 7.88. The van der Waals surface area contributed by atoms with Crippen molar-refractivity contribution in [1.29, 1.82) is 0 Å². The fraction of sp³-hybridized carbons (Fsp3) is 0.235. The minimum atomic E-state index is -5.00. The highest BCUT2D eigenvalue weighted by Crippen LogP contribution is 2.36. The summed E-state index contributed by atoms with van der Waals surface area (Å²) in [7, 11) is 0. The number of carbonyl (C=O) groups excluding carboxylic acids is 1. The molecule has 0 fully saturated rings. The van der Waals surface area contributed by atoms with Crippen LogP contribution in [0.3, 0.4) is 0 Å². The number of benzene rings is 1. The van der Waals surface area contributed by atoms with Crippen LogP contribution in [0.1, 0.15) is 34.6 Å². The summed E-state index contributed by atoms with van der Waals surface area (Å²) >= 11 is 0. The minimum absolute atomic E-state index is 0.0594. The van der Waals surface area contributed by atoms with Crippen LogP contribution in [0, 0.1) is 0 Å². The van der Waals surface area contributed by atoms with E-state index in [0.717, 1.165) is 11.6 Å². The summed E-state index contributed by atoms with van der Waals surface area (Å²) in [6.45, 7) is 0. The molecule has 1 aliphatic rings. The molecule has 2 aromatic heterocycles. The van der Waals surface area contributed by atoms with Gasteiger partial charge >= 0.3 is 6.18 Å². The van der Waals surface area contributed by atoms with Gasteiger partial charge in [-0.15, -0.1) is 0 Å². The predicted octanol–water partition coefficient (Wildman–Crippen LogP) is 3.77. The largest absolute Gasteiger partial charge is 0.433 e. The van der Waals surface area contributed by atoms with Gasteiger partial charge in [0.05, 0.1) is 6.42 Å². The van der Waals surface area contributed by atoms with Gasteiger partial charge in [-0.2, -0.15) is 18.3 Å². The van der Waals surface area contributed by atoms with E-state index in [4.69, 9.17) is 0 Å². The van der Waals surface area contributed by atoms with E-state index in [1.165, 1.54) is 0 Å². The van der Waals surface area contributed by atoms with Crippen molar-refractivity contribution in [3.63, 3.8) is 0 Å². The second-order valence-electron chi connectivity index (χ2n) is 6.13. The molecule has 0 radical (unpaired) electrons. The molecule has 3 aromatic rings. The average Bonchev–Trinajstić information content (AvgIpc) is 3.13. The molecule has 27 heavy (non-hydrogen) atoms. The Labute approximate surface area is 148 Å². The zero-order valence-corrected chi connectivity index (χ0v) is 13.5. The summed E-state index contributed by atoms with van der Waals surface area (Å²) in [6, 6.07) is 6.94. The van der Waals surface area contributed by atoms with Crippen LogP contribution in [0.25, 0.3) is 5.65 Å². The Morgan fingerprint density at radius 3 is 2.67 bits per heavy atom. The van der Waals surface area contributed by atoms with Gasteiger partial charge in [0.2, 0.25) is 5.91 Å². The number of nitrogens with one attached hydrogen (secondary N) is 1. The van der Waals surface area contributed by atoms with Crippen LogP contribution in [0.4, 0.5) is 27.6 Å². The summed E-state index contributed by atoms with van der Waals surface area (Å²) in [4.78, 5) is 15.4. The van der Waals surface area contributed by atoms with Gasteiger partial charge in [0, 0.05) is 17.7 Å². The smallest absolute Gasteiger partial charge is 0.326 e. The van der Waals surface area contributed by atoms with Crippen LogP contribution in [0.5, 0.6) is 0 Å². The summed E-state index contributed by atoms with van der Waals surface area (Å²) in [5, 5.41) is 6.48. The highest BCUT2D eigenvalue weighted by atomic mass is 19.4. The van der Waals surface area contributed by atoms with Crippen molar-refractivity contribution in [2.75, 3.05) is 5.32 Å². The van der Waals surface area contributed by atoms with Crippen molar-refractivity contribution in [2.24, 2.45) is 0 Å². The van der Waals surface area contributed by atoms with Gasteiger partial charge < -0.3 is 5.32 Å². The highest BCUT2D eigenvalue weighted by molar-refractivity contribution is 5.99. The van der Waals surface area contributed by atoms with Gasteiger partial charge in [0.25, 0.3) is 6.43 Å². The van der Waals surface area contributed by atoms with E-state index in [-0.39, 0.29) is 30.2 Å². The molecule has 0 bridgehead atoms. The monoisotopic (exact) mass is 382 g/mol. The molecule has 5 nitrogen and oxygen atoms in total. The second-order valence-corrected chi connectivity index (χ2v) is 6.13. The fourth-order valence-corrected chi connectivity index (χ4v) is 3.12. The first-order valence-electron chi connectivity index (χ1n) is 7.88. The van der Waals surface area contributed by atoms with Crippen LogP contribution in [-0.4, -0.2) is 20.5 Å². The Bertz CT molecular complexity index is 1060. The van der Waals surface area contributed by atoms with E-state index in [0.29, 0.717) is 21.8 Å². The van der Waals surface area contributed by atoms with Gasteiger partial charge in [-0.3, -0.25) is 4.79 Å². The third-order valence-electron chi connectivity index (χ3n) is 4.23. The van der Waals surface area contributed by atoms with Crippen LogP contribution >= 0.6 is 0 Å². The van der Waals surface area contributed by atoms with Gasteiger partial charge in [-0.25, -0.2) is 18.3 Å². The molecule has 0 atom stereocenters. The second kappa shape index (κ2) is 6.00. The molecule has 0 unspecified atom stereocenters. The number of nitrogens with zero attached hydrogens (tertiary/aromatic N) is 3. The summed E-state index contributed by atoms with van der Waals surface area (Å²) < 4.78 is 66.3. The quantitative estimate of drug-likeness (QED) is 0.702. The lowest BCUT2D eigenvalue weighted by Gasteiger charge is -2.13. The van der Waals surface area contributed by atoms with Crippen LogP contribution < -0.4 is 5.32 Å². The zero-order chi connectivity index (χ0) is 19.3. The Hall–Kier alpha value is -3.04. The van der Waals surface area contributed by atoms with Gasteiger partial charge in [0.1, 0.15) is 0 Å². The van der Waals surface area contributed by atoms with E-state index in [1.54, 1.807) is 18.2 Å². The van der Waals surface area contributed by atoms with Gasteiger partial charge in [0.15, 0.2) is 17.2 Å². The summed E-state index contributed by atoms with van der Waals surface area (Å²) in [6.07, 6.45) is -7.97. The molecule has 140 valence electrons. The van der Waals surface area contributed by atoms with Crippen molar-refractivity contribution in [2.45, 2.75) is 25.4 Å². The number of carbonyl (C=O) groups is 1. The number of rotatable bonds is 3. The standard InChI is InChI=1S/C17H11F5N4O/c18-16(19)10-2-4-13-24-12(25-26(13)15(10)17(20,21)22)6-8-1-3-11-9(5-8)7-14(27)23-11/h1-5,16H,6-7H2,(H,23,27). The van der Waals surface area contributed by atoms with Crippen LogP contribution in [0.15, 0.2) is 30.3 Å². The highest BCUT2D eigenvalue weighted by Gasteiger charge is 2.39. The first-order chi connectivity index (χ1) is 12.7. The number of fused-ring (bicyclic) bond motifs is 2. The number of pyridine rings is 1. The topological polar surface area (TPSA) is 59.3 Å². The Kier molecular flexibility index (Phi) is 3.86. The summed E-state index contributed by atoms with van der Waals surface area (Å²) in [5.41, 5.74) is -0.681. The fourth-order valence-electron chi connectivity index (χ4n) is 3.12. The van der Waals surface area contributed by atoms with E-state index in [2.05, 4.69) is 15.4 Å². The number of halogens is 5. The van der Waals surface area contributed by atoms with Gasteiger partial charge in [-0.05, 0) is 29.3 Å². The van der Waals surface area contributed by atoms with Crippen molar-refractivity contribution in [3.8, 4) is 0 Å². The van der Waals surface area contributed by atoms with Crippen molar-refractivity contribution in [1.82, 2.24) is 14.6 Å². The molecular weight excluding hydrogens is 371 g/mol. The van der Waals surface area contributed by atoms with E-state index in [1.807, 2.05) is 0 Å². The van der Waals surface area contributed by atoms with Crippen LogP contribution in [0.2, 0.25) is 0 Å². The predicted molar refractivity (Wildman–Crippen MR) is 84.5 cm³/mol. The Balaban J connectivity index is 1.74. The molecule has 3 heterocycles. The molecule has 0 aliphatic carbocycles. The van der Waals surface area contributed by atoms with Crippen molar-refractivity contribution >= 4 is 17.2 Å². The normalized spacial score (nSPS) is 14.1. The molecule has 4 rings (SSSR count). The number of amides is 1. The molecule has 1 N–H and O–H groups in total. The maximum absolute atomic E-state index is 13.3. The van der Waals surface area contributed by atoms with Crippen LogP contribution in [-0.2, 0) is 23.8 Å². The van der Waals surface area contributed by atoms with Crippen molar-refractivity contribution in [3.05, 3.63) is 58.5 Å². The average molecular weight is 382 g/mol. The molecule has 0 saturated heterocycles. The SMILES string of the molecule is O=C1Cc2cc(Cc3nc4ccc(C(F)F)c(C(F)(F)F)n4n3)ccc2N1. The Morgan fingerprint density at radius 1 is 1.19 bits per heavy atom. The summed E-state index contributed by atoms with van der Waals surface area (Å²) in [5.74, 6) is -0.0773. The minimum Gasteiger partial charge on any atom is -0.326 e. The van der Waals surface area contributed by atoms with E-state index >= 15 is 0 Å². The van der Waals surface area contributed by atoms with E-state index in [9.17, 15) is 26.7 Å². The molecule has 1 amide bonds. The first kappa shape index (κ1) is 17.4. The maximum Gasteiger partial charge on any atom is 0.433 e. The number of aromatic nitrogens is 3. The van der Waals surface area contributed by atoms with Crippen molar-refractivity contribution < 1.29 is 26.7 Å². The molecule has 0 spiro atoms. The molecular formula is C17H11F5N4O. The molecule has 0 saturated carbocycles. The lowest BCUT2D eigenvalue weighted by atomic mass is 10.1. The molecule has 1 aromatic carbocycles. The zero-order valence-electron chi connectivity index (χ0n) is 13.5. The van der Waals surface area contributed by atoms with E-state index < -0.39 is 23.9 Å². The van der Waals surface area contributed by atoms with Gasteiger partial charge in [-0.1, -0.05) is 12.1 Å². The molecule has 1 aliphatic heterocycles. The number of hydrogen-bond acceptors (Lipinski definition) is 3. The number of alkyl halides is 5. The number of hydrogen-bond donors (Lipinski definition) is 1.